The predicted molar refractivity (Wildman–Crippen MR) is 90.3 cm³/mol. The third kappa shape index (κ3) is 2.78. The molecule has 1 N–H and O–H groups in total. The first-order valence-electron chi connectivity index (χ1n) is 6.96. The Labute approximate surface area is 140 Å². The smallest absolute Gasteiger partial charge is 0.252 e. The summed E-state index contributed by atoms with van der Waals surface area (Å²) in [5, 5.41) is 8.51. The number of carbonyl (C=O) groups is 1. The maximum Gasteiger partial charge on any atom is 0.252 e. The largest absolute Gasteiger partial charge is 0.346 e. The number of carbonyl (C=O) groups excluding carboxylic acids is 1. The molecule has 0 atom stereocenters. The van der Waals surface area contributed by atoms with Crippen molar-refractivity contribution in [3.8, 4) is 0 Å². The van der Waals surface area contributed by atoms with Crippen molar-refractivity contribution in [2.24, 2.45) is 0 Å². The van der Waals surface area contributed by atoms with Crippen molar-refractivity contribution in [3.05, 3.63) is 50.7 Å². The highest BCUT2D eigenvalue weighted by Gasteiger charge is 2.15. The molecule has 3 rings (SSSR count). The van der Waals surface area contributed by atoms with Crippen LogP contribution in [0.1, 0.15) is 33.7 Å². The Balaban J connectivity index is 1.82. The molecule has 22 heavy (non-hydrogen) atoms. The molecule has 2 aromatic heterocycles. The molecule has 0 bridgehead atoms. The molecule has 0 aliphatic heterocycles. The van der Waals surface area contributed by atoms with Gasteiger partial charge >= 0.3 is 0 Å². The summed E-state index contributed by atoms with van der Waals surface area (Å²) in [7, 11) is 0. The first-order chi connectivity index (χ1) is 10.6. The van der Waals surface area contributed by atoms with Gasteiger partial charge in [-0.3, -0.25) is 4.79 Å². The summed E-state index contributed by atoms with van der Waals surface area (Å²) in [6, 6.07) is 7.37. The van der Waals surface area contributed by atoms with E-state index in [-0.39, 0.29) is 5.91 Å². The van der Waals surface area contributed by atoms with E-state index in [1.165, 1.54) is 0 Å². The van der Waals surface area contributed by atoms with Crippen molar-refractivity contribution in [1.82, 2.24) is 19.9 Å². The molecule has 1 amide bonds. The van der Waals surface area contributed by atoms with Crippen molar-refractivity contribution in [2.75, 3.05) is 0 Å². The fraction of sp³-hybridized carbons (Fsp3) is 0.267. The van der Waals surface area contributed by atoms with Crippen LogP contribution in [0.2, 0.25) is 0 Å². The molecule has 3 aromatic rings. The van der Waals surface area contributed by atoms with Crippen LogP contribution in [-0.2, 0) is 13.0 Å². The standard InChI is InChI=1S/C15H15BrN4OS/c1-3-13-19-20-12(9(2)18-15(20)22-13)8-17-14(21)10-6-4-5-7-11(10)16/h4-7H,3,8H2,1-2H3,(H,17,21). The van der Waals surface area contributed by atoms with Gasteiger partial charge in [-0.2, -0.15) is 5.10 Å². The highest BCUT2D eigenvalue weighted by atomic mass is 79.9. The minimum atomic E-state index is -0.118. The van der Waals surface area contributed by atoms with Crippen LogP contribution < -0.4 is 5.32 Å². The lowest BCUT2D eigenvalue weighted by Gasteiger charge is -2.06. The van der Waals surface area contributed by atoms with Crippen molar-refractivity contribution >= 4 is 38.1 Å². The van der Waals surface area contributed by atoms with Gasteiger partial charge in [0, 0.05) is 4.47 Å². The Morgan fingerprint density at radius 1 is 1.41 bits per heavy atom. The minimum Gasteiger partial charge on any atom is -0.346 e. The molecule has 0 saturated carbocycles. The van der Waals surface area contributed by atoms with Gasteiger partial charge in [0.05, 0.1) is 23.5 Å². The Kier molecular flexibility index (Phi) is 4.26. The lowest BCUT2D eigenvalue weighted by atomic mass is 10.2. The normalized spacial score (nSPS) is 11.0. The van der Waals surface area contributed by atoms with Gasteiger partial charge in [-0.05, 0) is 41.4 Å². The monoisotopic (exact) mass is 378 g/mol. The Bertz CT molecular complexity index is 839. The lowest BCUT2D eigenvalue weighted by molar-refractivity contribution is 0.0949. The van der Waals surface area contributed by atoms with Crippen LogP contribution >= 0.6 is 27.3 Å². The Hall–Kier alpha value is -1.73. The van der Waals surface area contributed by atoms with Crippen LogP contribution in [0.4, 0.5) is 0 Å². The highest BCUT2D eigenvalue weighted by Crippen LogP contribution is 2.19. The molecule has 0 radical (unpaired) electrons. The van der Waals surface area contributed by atoms with Crippen molar-refractivity contribution in [1.29, 1.82) is 0 Å². The van der Waals surface area contributed by atoms with Gasteiger partial charge in [-0.15, -0.1) is 0 Å². The molecule has 0 saturated heterocycles. The van der Waals surface area contributed by atoms with E-state index in [0.29, 0.717) is 12.1 Å². The number of nitrogens with zero attached hydrogens (tertiary/aromatic N) is 3. The summed E-state index contributed by atoms with van der Waals surface area (Å²) in [5.74, 6) is -0.118. The molecule has 7 heteroatoms. The SMILES string of the molecule is CCc1nn2c(CNC(=O)c3ccccc3Br)c(C)nc2s1. The summed E-state index contributed by atoms with van der Waals surface area (Å²) >= 11 is 4.98. The first-order valence-corrected chi connectivity index (χ1v) is 8.57. The van der Waals surface area contributed by atoms with E-state index in [2.05, 4.69) is 38.3 Å². The summed E-state index contributed by atoms with van der Waals surface area (Å²) in [5.41, 5.74) is 2.44. The number of benzene rings is 1. The van der Waals surface area contributed by atoms with Gasteiger partial charge < -0.3 is 5.32 Å². The summed E-state index contributed by atoms with van der Waals surface area (Å²) in [6.07, 6.45) is 0.885. The van der Waals surface area contributed by atoms with Crippen LogP contribution in [0.15, 0.2) is 28.7 Å². The molecular weight excluding hydrogens is 364 g/mol. The number of amides is 1. The number of halogens is 1. The zero-order valence-electron chi connectivity index (χ0n) is 12.3. The average Bonchev–Trinajstić information content (AvgIpc) is 3.02. The van der Waals surface area contributed by atoms with Gasteiger partial charge in [-0.1, -0.05) is 30.4 Å². The molecule has 0 aliphatic rings. The van der Waals surface area contributed by atoms with Crippen LogP contribution in [-0.4, -0.2) is 20.5 Å². The number of nitrogens with one attached hydrogen (secondary N) is 1. The molecule has 0 fully saturated rings. The van der Waals surface area contributed by atoms with Gasteiger partial charge in [0.15, 0.2) is 0 Å². The third-order valence-corrected chi connectivity index (χ3v) is 5.12. The van der Waals surface area contributed by atoms with Crippen molar-refractivity contribution in [2.45, 2.75) is 26.8 Å². The highest BCUT2D eigenvalue weighted by molar-refractivity contribution is 9.10. The number of fused-ring (bicyclic) bond motifs is 1. The second kappa shape index (κ2) is 6.18. The summed E-state index contributed by atoms with van der Waals surface area (Å²) in [6.45, 7) is 4.41. The van der Waals surface area contributed by atoms with E-state index in [9.17, 15) is 4.79 Å². The van der Waals surface area contributed by atoms with Crippen molar-refractivity contribution in [3.63, 3.8) is 0 Å². The second-order valence-corrected chi connectivity index (χ2v) is 6.75. The number of hydrogen-bond acceptors (Lipinski definition) is 4. The van der Waals surface area contributed by atoms with Crippen molar-refractivity contribution < 1.29 is 4.79 Å². The van der Waals surface area contributed by atoms with Gasteiger partial charge in [0.1, 0.15) is 5.01 Å². The van der Waals surface area contributed by atoms with E-state index >= 15 is 0 Å². The van der Waals surface area contributed by atoms with Crippen LogP contribution in [0.25, 0.3) is 4.96 Å². The number of hydrogen-bond donors (Lipinski definition) is 1. The molecule has 0 aliphatic carbocycles. The summed E-state index contributed by atoms with van der Waals surface area (Å²) < 4.78 is 2.61. The quantitative estimate of drug-likeness (QED) is 0.756. The van der Waals surface area contributed by atoms with E-state index in [1.807, 2.05) is 29.6 Å². The van der Waals surface area contributed by atoms with Gasteiger partial charge in [-0.25, -0.2) is 9.50 Å². The zero-order valence-corrected chi connectivity index (χ0v) is 14.7. The maximum atomic E-state index is 12.3. The van der Waals surface area contributed by atoms with E-state index in [0.717, 1.165) is 32.2 Å². The van der Waals surface area contributed by atoms with E-state index < -0.39 is 0 Å². The van der Waals surface area contributed by atoms with Crippen LogP contribution in [0.3, 0.4) is 0 Å². The Morgan fingerprint density at radius 2 is 2.18 bits per heavy atom. The van der Waals surface area contributed by atoms with Gasteiger partial charge in [0.25, 0.3) is 5.91 Å². The van der Waals surface area contributed by atoms with Crippen LogP contribution in [0, 0.1) is 6.92 Å². The number of imidazole rings is 1. The number of aromatic nitrogens is 3. The minimum absolute atomic E-state index is 0.118. The lowest BCUT2D eigenvalue weighted by Crippen LogP contribution is -2.24. The molecule has 1 aromatic carbocycles. The average molecular weight is 379 g/mol. The van der Waals surface area contributed by atoms with Crippen LogP contribution in [0.5, 0.6) is 0 Å². The molecule has 5 nitrogen and oxygen atoms in total. The third-order valence-electron chi connectivity index (χ3n) is 3.38. The molecular formula is C15H15BrN4OS. The zero-order chi connectivity index (χ0) is 15.7. The summed E-state index contributed by atoms with van der Waals surface area (Å²) in [4.78, 5) is 17.7. The maximum absolute atomic E-state index is 12.3. The second-order valence-electron chi connectivity index (χ2n) is 4.85. The van der Waals surface area contributed by atoms with E-state index in [1.54, 1.807) is 17.4 Å². The fourth-order valence-electron chi connectivity index (χ4n) is 2.18. The number of rotatable bonds is 4. The molecule has 0 unspecified atom stereocenters. The molecule has 114 valence electrons. The molecule has 0 spiro atoms. The fourth-order valence-corrected chi connectivity index (χ4v) is 3.54. The molecule has 2 heterocycles. The van der Waals surface area contributed by atoms with E-state index in [4.69, 9.17) is 0 Å². The number of aryl methyl sites for hydroxylation is 2. The Morgan fingerprint density at radius 3 is 2.91 bits per heavy atom. The predicted octanol–water partition coefficient (Wildman–Crippen LogP) is 3.35. The first kappa shape index (κ1) is 15.2. The topological polar surface area (TPSA) is 59.3 Å². The van der Waals surface area contributed by atoms with Gasteiger partial charge in [0.2, 0.25) is 4.96 Å².